The van der Waals surface area contributed by atoms with Gasteiger partial charge in [0, 0.05) is 18.5 Å². The molecule has 0 saturated heterocycles. The Kier molecular flexibility index (Phi) is 4.72. The summed E-state index contributed by atoms with van der Waals surface area (Å²) in [6, 6.07) is 13.9. The Hall–Kier alpha value is -4.11. The molecule has 2 aliphatic heterocycles. The predicted molar refractivity (Wildman–Crippen MR) is 133 cm³/mol. The van der Waals surface area contributed by atoms with Gasteiger partial charge in [0.25, 0.3) is 11.8 Å². The van der Waals surface area contributed by atoms with Crippen LogP contribution >= 0.6 is 11.3 Å². The summed E-state index contributed by atoms with van der Waals surface area (Å²) in [6.07, 6.45) is 3.16. The summed E-state index contributed by atoms with van der Waals surface area (Å²) >= 11 is 1.24. The molecule has 6 rings (SSSR count). The van der Waals surface area contributed by atoms with Crippen LogP contribution in [0.5, 0.6) is 0 Å². The molecule has 0 aliphatic carbocycles. The molecular formula is C26H20N4O4S. The van der Waals surface area contributed by atoms with Gasteiger partial charge in [-0.15, -0.1) is 16.8 Å². The van der Waals surface area contributed by atoms with E-state index in [1.165, 1.54) is 16.2 Å². The third-order valence-corrected chi connectivity index (χ3v) is 7.42. The van der Waals surface area contributed by atoms with E-state index in [4.69, 9.17) is 4.42 Å². The summed E-state index contributed by atoms with van der Waals surface area (Å²) in [6.45, 7) is 6.03. The molecule has 8 nitrogen and oxygen atoms in total. The molecule has 2 aliphatic rings. The highest BCUT2D eigenvalue weighted by molar-refractivity contribution is 7.15. The number of aromatic nitrogens is 2. The molecule has 9 heteroatoms. The molecule has 2 aromatic carbocycles. The van der Waals surface area contributed by atoms with Crippen molar-refractivity contribution >= 4 is 44.9 Å². The van der Waals surface area contributed by atoms with Gasteiger partial charge in [0.1, 0.15) is 10.6 Å². The standard InChI is InChI=1S/C26H20N4O4S/c1-3-9-19-27-28-25(35-19)30-23(32)22-20(21(31)15-10-5-8-13-18(15)34-22)26(30)16-11-6-7-12-17(16)29(14-4-2)24(26)33/h4-8,10-13H,2-3,9,14H2,1H3. The van der Waals surface area contributed by atoms with E-state index in [1.807, 2.05) is 13.0 Å². The Morgan fingerprint density at radius 1 is 1.09 bits per heavy atom. The van der Waals surface area contributed by atoms with Gasteiger partial charge in [-0.05, 0) is 24.6 Å². The first-order chi connectivity index (χ1) is 17.0. The zero-order chi connectivity index (χ0) is 24.3. The van der Waals surface area contributed by atoms with Crippen LogP contribution in [0.25, 0.3) is 11.0 Å². The number of aryl methyl sites for hydroxylation is 1. The quantitative estimate of drug-likeness (QED) is 0.397. The molecule has 1 spiro atoms. The van der Waals surface area contributed by atoms with E-state index >= 15 is 0 Å². The molecule has 1 unspecified atom stereocenters. The van der Waals surface area contributed by atoms with Crippen LogP contribution in [-0.4, -0.2) is 28.6 Å². The lowest BCUT2D eigenvalue weighted by Gasteiger charge is -2.31. The fourth-order valence-electron chi connectivity index (χ4n) is 5.07. The number of hydrogen-bond acceptors (Lipinski definition) is 7. The minimum Gasteiger partial charge on any atom is -0.450 e. The van der Waals surface area contributed by atoms with Crippen LogP contribution in [0.3, 0.4) is 0 Å². The molecule has 4 aromatic rings. The normalized spacial score (nSPS) is 18.5. The van der Waals surface area contributed by atoms with Crippen LogP contribution in [0, 0.1) is 0 Å². The summed E-state index contributed by atoms with van der Waals surface area (Å²) in [7, 11) is 0. The third-order valence-electron chi connectivity index (χ3n) is 6.45. The van der Waals surface area contributed by atoms with Crippen LogP contribution in [-0.2, 0) is 16.8 Å². The second kappa shape index (κ2) is 7.71. The van der Waals surface area contributed by atoms with Gasteiger partial charge in [0.15, 0.2) is 11.0 Å². The molecule has 35 heavy (non-hydrogen) atoms. The second-order valence-corrected chi connectivity index (χ2v) is 9.47. The first kappa shape index (κ1) is 21.4. The maximum Gasteiger partial charge on any atom is 0.297 e. The summed E-state index contributed by atoms with van der Waals surface area (Å²) < 4.78 is 6.02. The zero-order valence-electron chi connectivity index (χ0n) is 18.9. The number of rotatable bonds is 5. The smallest absolute Gasteiger partial charge is 0.297 e. The highest BCUT2D eigenvalue weighted by atomic mass is 32.1. The Morgan fingerprint density at radius 2 is 1.86 bits per heavy atom. The van der Waals surface area contributed by atoms with Gasteiger partial charge >= 0.3 is 0 Å². The number of carbonyl (C=O) groups is 2. The molecule has 4 heterocycles. The summed E-state index contributed by atoms with van der Waals surface area (Å²) in [4.78, 5) is 45.2. The Labute approximate surface area is 204 Å². The lowest BCUT2D eigenvalue weighted by molar-refractivity contribution is -0.121. The number of nitrogens with zero attached hydrogens (tertiary/aromatic N) is 4. The Morgan fingerprint density at radius 3 is 2.66 bits per heavy atom. The van der Waals surface area contributed by atoms with Gasteiger partial charge in [-0.3, -0.25) is 19.3 Å². The van der Waals surface area contributed by atoms with Gasteiger partial charge in [0.2, 0.25) is 10.9 Å². The predicted octanol–water partition coefficient (Wildman–Crippen LogP) is 4.03. The summed E-state index contributed by atoms with van der Waals surface area (Å²) in [5, 5.41) is 9.82. The minimum atomic E-state index is -1.75. The topological polar surface area (TPSA) is 96.6 Å². The maximum absolute atomic E-state index is 14.3. The van der Waals surface area contributed by atoms with Crippen molar-refractivity contribution in [2.75, 3.05) is 16.3 Å². The highest BCUT2D eigenvalue weighted by Gasteiger charge is 2.66. The van der Waals surface area contributed by atoms with Gasteiger partial charge in [-0.25, -0.2) is 0 Å². The fourth-order valence-corrected chi connectivity index (χ4v) is 6.06. The number of fused-ring (bicyclic) bond motifs is 5. The third kappa shape index (κ3) is 2.69. The van der Waals surface area contributed by atoms with Crippen molar-refractivity contribution in [2.24, 2.45) is 0 Å². The van der Waals surface area contributed by atoms with Gasteiger partial charge in [-0.2, -0.15) is 0 Å². The molecule has 174 valence electrons. The number of anilines is 2. The average molecular weight is 485 g/mol. The Bertz CT molecular complexity index is 1610. The van der Waals surface area contributed by atoms with Gasteiger partial charge in [0.05, 0.1) is 16.6 Å². The fraction of sp³-hybridized carbons (Fsp3) is 0.192. The van der Waals surface area contributed by atoms with Crippen molar-refractivity contribution in [3.05, 3.63) is 93.3 Å². The van der Waals surface area contributed by atoms with Crippen LogP contribution in [0.2, 0.25) is 0 Å². The minimum absolute atomic E-state index is 0.0115. The number of amides is 2. The van der Waals surface area contributed by atoms with Crippen molar-refractivity contribution in [1.82, 2.24) is 10.2 Å². The van der Waals surface area contributed by atoms with Crippen LogP contribution in [0.4, 0.5) is 10.8 Å². The lowest BCUT2D eigenvalue weighted by atomic mass is 9.84. The van der Waals surface area contributed by atoms with Crippen molar-refractivity contribution in [3.63, 3.8) is 0 Å². The number of para-hydroxylation sites is 2. The first-order valence-electron chi connectivity index (χ1n) is 11.3. The van der Waals surface area contributed by atoms with Crippen molar-refractivity contribution in [2.45, 2.75) is 25.3 Å². The van der Waals surface area contributed by atoms with E-state index in [1.54, 1.807) is 53.4 Å². The summed E-state index contributed by atoms with van der Waals surface area (Å²) in [5.74, 6) is -1.17. The largest absolute Gasteiger partial charge is 0.450 e. The Balaban J connectivity index is 1.74. The second-order valence-electron chi connectivity index (χ2n) is 8.43. The monoisotopic (exact) mass is 484 g/mol. The average Bonchev–Trinajstić information content (AvgIpc) is 3.50. The van der Waals surface area contributed by atoms with Gasteiger partial charge < -0.3 is 9.32 Å². The SMILES string of the molecule is C=CCN1C(=O)C2(c3ccccc31)c1c(oc3ccccc3c1=O)C(=O)N2c1nnc(CCC)s1. The number of benzene rings is 2. The molecule has 0 fully saturated rings. The molecule has 0 saturated carbocycles. The number of carbonyl (C=O) groups excluding carboxylic acids is 2. The van der Waals surface area contributed by atoms with Crippen molar-refractivity contribution < 1.29 is 14.0 Å². The highest BCUT2D eigenvalue weighted by Crippen LogP contribution is 2.54. The van der Waals surface area contributed by atoms with E-state index in [-0.39, 0.29) is 28.6 Å². The van der Waals surface area contributed by atoms with Gasteiger partial charge in [-0.1, -0.05) is 54.7 Å². The van der Waals surface area contributed by atoms with Crippen LogP contribution in [0.1, 0.15) is 40.0 Å². The zero-order valence-corrected chi connectivity index (χ0v) is 19.7. The van der Waals surface area contributed by atoms with E-state index in [9.17, 15) is 14.4 Å². The molecule has 0 radical (unpaired) electrons. The maximum atomic E-state index is 14.3. The molecule has 0 N–H and O–H groups in total. The van der Waals surface area contributed by atoms with Crippen molar-refractivity contribution in [1.29, 1.82) is 0 Å². The van der Waals surface area contributed by atoms with Crippen LogP contribution < -0.4 is 15.2 Å². The van der Waals surface area contributed by atoms with E-state index in [0.29, 0.717) is 23.1 Å². The van der Waals surface area contributed by atoms with E-state index in [0.717, 1.165) is 11.4 Å². The molecule has 1 atom stereocenters. The molecule has 2 aromatic heterocycles. The summed E-state index contributed by atoms with van der Waals surface area (Å²) in [5.41, 5.74) is -0.744. The van der Waals surface area contributed by atoms with Crippen LogP contribution in [0.15, 0.2) is 70.4 Å². The molecular weight excluding hydrogens is 464 g/mol. The van der Waals surface area contributed by atoms with E-state index in [2.05, 4.69) is 16.8 Å². The number of hydrogen-bond donors (Lipinski definition) is 0. The molecule has 2 amide bonds. The lowest BCUT2D eigenvalue weighted by Crippen LogP contribution is -2.53. The molecule has 0 bridgehead atoms. The van der Waals surface area contributed by atoms with Crippen molar-refractivity contribution in [3.8, 4) is 0 Å². The first-order valence-corrected chi connectivity index (χ1v) is 12.1. The van der Waals surface area contributed by atoms with E-state index < -0.39 is 22.8 Å².